The Kier molecular flexibility index (Phi) is 4.77. The summed E-state index contributed by atoms with van der Waals surface area (Å²) in [4.78, 5) is 34.4. The summed E-state index contributed by atoms with van der Waals surface area (Å²) >= 11 is 0. The van der Waals surface area contributed by atoms with E-state index in [2.05, 4.69) is 10.6 Å². The van der Waals surface area contributed by atoms with Gasteiger partial charge in [-0.3, -0.25) is 9.59 Å². The number of aliphatic carboxylic acids is 1. The predicted molar refractivity (Wildman–Crippen MR) is 77.2 cm³/mol. The molecule has 1 aromatic carbocycles. The molecule has 0 saturated carbocycles. The summed E-state index contributed by atoms with van der Waals surface area (Å²) in [5, 5.41) is 14.5. The van der Waals surface area contributed by atoms with E-state index in [0.717, 1.165) is 5.56 Å². The van der Waals surface area contributed by atoms with Gasteiger partial charge in [0, 0.05) is 32.1 Å². The van der Waals surface area contributed by atoms with Crippen LogP contribution in [0, 0.1) is 0 Å². The van der Waals surface area contributed by atoms with Crippen molar-refractivity contribution in [1.82, 2.24) is 10.6 Å². The highest BCUT2D eigenvalue weighted by atomic mass is 16.5. The molecule has 7 heteroatoms. The van der Waals surface area contributed by atoms with Crippen LogP contribution in [0.1, 0.15) is 29.3 Å². The number of carbonyl (C=O) groups is 3. The Morgan fingerprint density at radius 2 is 1.95 bits per heavy atom. The minimum absolute atomic E-state index is 0.0330. The highest BCUT2D eigenvalue weighted by Crippen LogP contribution is 2.20. The van der Waals surface area contributed by atoms with Crippen LogP contribution in [0.15, 0.2) is 24.3 Å². The van der Waals surface area contributed by atoms with Crippen LogP contribution < -0.4 is 10.6 Å². The average Bonchev–Trinajstić information content (AvgIpc) is 2.95. The zero-order valence-electron chi connectivity index (χ0n) is 12.2. The van der Waals surface area contributed by atoms with E-state index in [0.29, 0.717) is 18.7 Å². The van der Waals surface area contributed by atoms with Crippen molar-refractivity contribution < 1.29 is 24.2 Å². The minimum atomic E-state index is -1.36. The number of hydrogen-bond acceptors (Lipinski definition) is 4. The van der Waals surface area contributed by atoms with Gasteiger partial charge in [-0.25, -0.2) is 4.79 Å². The van der Waals surface area contributed by atoms with E-state index >= 15 is 0 Å². The van der Waals surface area contributed by atoms with Gasteiger partial charge in [-0.15, -0.1) is 0 Å². The van der Waals surface area contributed by atoms with Gasteiger partial charge in [0.25, 0.3) is 5.91 Å². The Labute approximate surface area is 127 Å². The van der Waals surface area contributed by atoms with Crippen molar-refractivity contribution in [1.29, 1.82) is 0 Å². The maximum absolute atomic E-state index is 12.2. The second-order valence-electron chi connectivity index (χ2n) is 5.25. The molecular weight excluding hydrogens is 288 g/mol. The number of carboxylic acid groups (broad SMARTS) is 1. The largest absolute Gasteiger partial charge is 0.479 e. The smallest absolute Gasteiger partial charge is 0.331 e. The molecule has 1 atom stereocenters. The molecular formula is C15H18N2O5. The van der Waals surface area contributed by atoms with Crippen molar-refractivity contribution in [3.05, 3.63) is 35.4 Å². The minimum Gasteiger partial charge on any atom is -0.479 e. The van der Waals surface area contributed by atoms with Crippen molar-refractivity contribution in [3.63, 3.8) is 0 Å². The number of carboxylic acids is 1. The van der Waals surface area contributed by atoms with Gasteiger partial charge in [0.1, 0.15) is 0 Å². The van der Waals surface area contributed by atoms with Crippen molar-refractivity contribution in [2.24, 2.45) is 0 Å². The molecule has 1 heterocycles. The SMILES string of the molecule is CC(=O)NCc1ccc(C(=O)NC2(C(=O)O)CCOC2)cc1. The Morgan fingerprint density at radius 1 is 1.27 bits per heavy atom. The summed E-state index contributed by atoms with van der Waals surface area (Å²) in [5.74, 6) is -1.69. The molecule has 0 bridgehead atoms. The van der Waals surface area contributed by atoms with Gasteiger partial charge in [-0.05, 0) is 17.7 Å². The van der Waals surface area contributed by atoms with Gasteiger partial charge < -0.3 is 20.5 Å². The van der Waals surface area contributed by atoms with Crippen LogP contribution in [-0.2, 0) is 20.9 Å². The molecule has 22 heavy (non-hydrogen) atoms. The van der Waals surface area contributed by atoms with Gasteiger partial charge in [0.05, 0.1) is 6.61 Å². The van der Waals surface area contributed by atoms with E-state index in [9.17, 15) is 19.5 Å². The third-order valence-corrected chi connectivity index (χ3v) is 3.54. The molecule has 2 amide bonds. The van der Waals surface area contributed by atoms with Crippen LogP contribution in [0.3, 0.4) is 0 Å². The van der Waals surface area contributed by atoms with Crippen LogP contribution in [0.2, 0.25) is 0 Å². The number of carbonyl (C=O) groups excluding carboxylic acids is 2. The molecule has 0 aliphatic carbocycles. The topological polar surface area (TPSA) is 105 Å². The van der Waals surface area contributed by atoms with Gasteiger partial charge in [0.2, 0.25) is 5.91 Å². The Bertz CT molecular complexity index is 576. The third kappa shape index (κ3) is 3.62. The van der Waals surface area contributed by atoms with Crippen LogP contribution in [0.4, 0.5) is 0 Å². The first kappa shape index (κ1) is 16.0. The lowest BCUT2D eigenvalue weighted by Crippen LogP contribution is -2.55. The van der Waals surface area contributed by atoms with E-state index in [4.69, 9.17) is 4.74 Å². The molecule has 118 valence electrons. The van der Waals surface area contributed by atoms with Crippen molar-refractivity contribution in [2.45, 2.75) is 25.4 Å². The first-order chi connectivity index (χ1) is 10.4. The Balaban J connectivity index is 2.03. The van der Waals surface area contributed by atoms with Gasteiger partial charge in [0.15, 0.2) is 5.54 Å². The summed E-state index contributed by atoms with van der Waals surface area (Å²) in [6, 6.07) is 6.61. The lowest BCUT2D eigenvalue weighted by molar-refractivity contribution is -0.144. The summed E-state index contributed by atoms with van der Waals surface area (Å²) in [6.45, 7) is 2.08. The zero-order valence-corrected chi connectivity index (χ0v) is 12.2. The number of ether oxygens (including phenoxy) is 1. The highest BCUT2D eigenvalue weighted by Gasteiger charge is 2.44. The van der Waals surface area contributed by atoms with E-state index in [1.807, 2.05) is 0 Å². The summed E-state index contributed by atoms with van der Waals surface area (Å²) in [6.07, 6.45) is 0.245. The van der Waals surface area contributed by atoms with E-state index in [-0.39, 0.29) is 18.9 Å². The first-order valence-electron chi connectivity index (χ1n) is 6.90. The summed E-state index contributed by atoms with van der Waals surface area (Å²) in [5.41, 5.74) is -0.144. The molecule has 1 aliphatic heterocycles. The molecule has 3 N–H and O–H groups in total. The van der Waals surface area contributed by atoms with Crippen LogP contribution in [0.25, 0.3) is 0 Å². The van der Waals surface area contributed by atoms with Gasteiger partial charge in [-0.2, -0.15) is 0 Å². The summed E-state index contributed by atoms with van der Waals surface area (Å²) < 4.78 is 5.10. The molecule has 0 aromatic heterocycles. The fourth-order valence-electron chi connectivity index (χ4n) is 2.18. The predicted octanol–water partition coefficient (Wildman–Crippen LogP) is 0.296. The van der Waals surface area contributed by atoms with Crippen molar-refractivity contribution in [2.75, 3.05) is 13.2 Å². The van der Waals surface area contributed by atoms with Gasteiger partial charge >= 0.3 is 5.97 Å². The lowest BCUT2D eigenvalue weighted by Gasteiger charge is -2.23. The Hall–Kier alpha value is -2.41. The molecule has 1 aliphatic rings. The van der Waals surface area contributed by atoms with Gasteiger partial charge in [-0.1, -0.05) is 12.1 Å². The van der Waals surface area contributed by atoms with E-state index in [1.54, 1.807) is 24.3 Å². The molecule has 0 radical (unpaired) electrons. The average molecular weight is 306 g/mol. The number of hydrogen-bond donors (Lipinski definition) is 3. The molecule has 7 nitrogen and oxygen atoms in total. The van der Waals surface area contributed by atoms with Crippen LogP contribution in [0.5, 0.6) is 0 Å². The number of benzene rings is 1. The second kappa shape index (κ2) is 6.57. The first-order valence-corrected chi connectivity index (χ1v) is 6.90. The number of nitrogens with one attached hydrogen (secondary N) is 2. The zero-order chi connectivity index (χ0) is 16.2. The number of rotatable bonds is 5. The van der Waals surface area contributed by atoms with Crippen LogP contribution in [-0.4, -0.2) is 41.6 Å². The van der Waals surface area contributed by atoms with E-state index < -0.39 is 17.4 Å². The van der Waals surface area contributed by atoms with Crippen LogP contribution >= 0.6 is 0 Å². The maximum atomic E-state index is 12.2. The molecule has 1 aromatic rings. The quantitative estimate of drug-likeness (QED) is 0.725. The monoisotopic (exact) mass is 306 g/mol. The molecule has 1 saturated heterocycles. The molecule has 2 rings (SSSR count). The number of amides is 2. The lowest BCUT2D eigenvalue weighted by atomic mass is 9.98. The molecule has 1 unspecified atom stereocenters. The summed E-state index contributed by atoms with van der Waals surface area (Å²) in [7, 11) is 0. The third-order valence-electron chi connectivity index (χ3n) is 3.54. The highest BCUT2D eigenvalue weighted by molar-refractivity contribution is 5.98. The van der Waals surface area contributed by atoms with Crippen molar-refractivity contribution >= 4 is 17.8 Å². The maximum Gasteiger partial charge on any atom is 0.331 e. The van der Waals surface area contributed by atoms with E-state index in [1.165, 1.54) is 6.92 Å². The molecule has 1 fully saturated rings. The molecule has 0 spiro atoms. The van der Waals surface area contributed by atoms with Crippen molar-refractivity contribution in [3.8, 4) is 0 Å². The normalized spacial score (nSPS) is 20.4. The standard InChI is InChI=1S/C15H18N2O5/c1-10(18)16-8-11-2-4-12(5-3-11)13(19)17-15(14(20)21)6-7-22-9-15/h2-5H,6-9H2,1H3,(H,16,18)(H,17,19)(H,20,21). The second-order valence-corrected chi connectivity index (χ2v) is 5.25. The fraction of sp³-hybridized carbons (Fsp3) is 0.400. The Morgan fingerprint density at radius 3 is 2.45 bits per heavy atom. The fourth-order valence-corrected chi connectivity index (χ4v) is 2.18.